The van der Waals surface area contributed by atoms with Gasteiger partial charge in [-0.05, 0) is 31.9 Å². The first kappa shape index (κ1) is 11.3. The zero-order chi connectivity index (χ0) is 11.7. The summed E-state index contributed by atoms with van der Waals surface area (Å²) in [5, 5.41) is 3.52. The highest BCUT2D eigenvalue weighted by molar-refractivity contribution is 5.10. The molecule has 2 aliphatic rings. The van der Waals surface area contributed by atoms with Crippen LogP contribution in [-0.2, 0) is 4.74 Å². The van der Waals surface area contributed by atoms with Crippen molar-refractivity contribution in [2.24, 2.45) is 0 Å². The largest absolute Gasteiger partial charge is 0.464 e. The molecule has 1 unspecified atom stereocenters. The van der Waals surface area contributed by atoms with E-state index < -0.39 is 0 Å². The molecule has 1 aromatic heterocycles. The predicted molar refractivity (Wildman–Crippen MR) is 66.0 cm³/mol. The maximum absolute atomic E-state index is 6.36. The Morgan fingerprint density at radius 2 is 2.06 bits per heavy atom. The van der Waals surface area contributed by atoms with Gasteiger partial charge in [0.05, 0.1) is 5.60 Å². The van der Waals surface area contributed by atoms with Gasteiger partial charge in [0.1, 0.15) is 17.6 Å². The number of hydrogen-bond donors (Lipinski definition) is 1. The molecular formula is C14H21NO2. The Morgan fingerprint density at radius 1 is 1.24 bits per heavy atom. The maximum Gasteiger partial charge on any atom is 0.134 e. The van der Waals surface area contributed by atoms with Crippen LogP contribution in [0.2, 0.25) is 0 Å². The molecule has 3 nitrogen and oxygen atoms in total. The quantitative estimate of drug-likeness (QED) is 0.812. The molecule has 1 N–H and O–H groups in total. The summed E-state index contributed by atoms with van der Waals surface area (Å²) in [4.78, 5) is 0. The zero-order valence-electron chi connectivity index (χ0n) is 10.5. The number of furan rings is 1. The first-order valence-corrected chi connectivity index (χ1v) is 6.72. The summed E-state index contributed by atoms with van der Waals surface area (Å²) in [6.45, 7) is 3.86. The molecule has 1 aliphatic heterocycles. The Kier molecular flexibility index (Phi) is 2.97. The first-order valence-electron chi connectivity index (χ1n) is 6.72. The summed E-state index contributed by atoms with van der Waals surface area (Å²) in [5.41, 5.74) is 0.0713. The van der Waals surface area contributed by atoms with E-state index in [1.54, 1.807) is 0 Å². The van der Waals surface area contributed by atoms with Gasteiger partial charge in [0, 0.05) is 13.1 Å². The second kappa shape index (κ2) is 4.46. The van der Waals surface area contributed by atoms with Gasteiger partial charge in [0.15, 0.2) is 0 Å². The fourth-order valence-corrected chi connectivity index (χ4v) is 3.09. The van der Waals surface area contributed by atoms with E-state index in [1.165, 1.54) is 32.1 Å². The SMILES string of the molecule is Cc1ccc(C2CNCC3(CCCCC3)O2)o1. The summed E-state index contributed by atoms with van der Waals surface area (Å²) in [5.74, 6) is 1.94. The van der Waals surface area contributed by atoms with Crippen LogP contribution in [0.1, 0.15) is 49.7 Å². The molecule has 94 valence electrons. The van der Waals surface area contributed by atoms with Crippen molar-refractivity contribution in [2.45, 2.75) is 50.7 Å². The first-order chi connectivity index (χ1) is 8.27. The lowest BCUT2D eigenvalue weighted by Crippen LogP contribution is -2.51. The van der Waals surface area contributed by atoms with E-state index >= 15 is 0 Å². The number of hydrogen-bond acceptors (Lipinski definition) is 3. The van der Waals surface area contributed by atoms with Gasteiger partial charge in [-0.2, -0.15) is 0 Å². The summed E-state index contributed by atoms with van der Waals surface area (Å²) in [6.07, 6.45) is 6.43. The molecule has 0 amide bonds. The van der Waals surface area contributed by atoms with Crippen LogP contribution in [0.5, 0.6) is 0 Å². The molecule has 3 heteroatoms. The molecule has 1 saturated carbocycles. The van der Waals surface area contributed by atoms with Crippen molar-refractivity contribution in [3.05, 3.63) is 23.7 Å². The molecular weight excluding hydrogens is 214 g/mol. The third-order valence-corrected chi connectivity index (χ3v) is 4.01. The number of ether oxygens (including phenoxy) is 1. The lowest BCUT2D eigenvalue weighted by molar-refractivity contribution is -0.141. The van der Waals surface area contributed by atoms with E-state index in [9.17, 15) is 0 Å². The van der Waals surface area contributed by atoms with Gasteiger partial charge in [0.25, 0.3) is 0 Å². The molecule has 2 heterocycles. The van der Waals surface area contributed by atoms with Crippen molar-refractivity contribution < 1.29 is 9.15 Å². The summed E-state index contributed by atoms with van der Waals surface area (Å²) in [7, 11) is 0. The van der Waals surface area contributed by atoms with Crippen molar-refractivity contribution in [1.82, 2.24) is 5.32 Å². The Bertz CT molecular complexity index is 374. The van der Waals surface area contributed by atoms with Crippen LogP contribution >= 0.6 is 0 Å². The fraction of sp³-hybridized carbons (Fsp3) is 0.714. The van der Waals surface area contributed by atoms with Crippen molar-refractivity contribution in [2.75, 3.05) is 13.1 Å². The van der Waals surface area contributed by atoms with E-state index in [1.807, 2.05) is 19.1 Å². The van der Waals surface area contributed by atoms with Crippen LogP contribution in [0, 0.1) is 6.92 Å². The summed E-state index contributed by atoms with van der Waals surface area (Å²) >= 11 is 0. The molecule has 0 bridgehead atoms. The minimum atomic E-state index is 0.0713. The molecule has 2 fully saturated rings. The Labute approximate surface area is 103 Å². The number of rotatable bonds is 1. The Morgan fingerprint density at radius 3 is 2.76 bits per heavy atom. The highest BCUT2D eigenvalue weighted by Crippen LogP contribution is 2.38. The third-order valence-electron chi connectivity index (χ3n) is 4.01. The highest BCUT2D eigenvalue weighted by Gasteiger charge is 2.39. The summed E-state index contributed by atoms with van der Waals surface area (Å²) in [6, 6.07) is 4.06. The predicted octanol–water partition coefficient (Wildman–Crippen LogP) is 2.95. The van der Waals surface area contributed by atoms with Crippen molar-refractivity contribution in [1.29, 1.82) is 0 Å². The van der Waals surface area contributed by atoms with Crippen LogP contribution in [-0.4, -0.2) is 18.7 Å². The molecule has 3 rings (SSSR count). The maximum atomic E-state index is 6.36. The average Bonchev–Trinajstić information content (AvgIpc) is 2.77. The molecule has 1 aromatic rings. The van der Waals surface area contributed by atoms with Gasteiger partial charge >= 0.3 is 0 Å². The van der Waals surface area contributed by atoms with Gasteiger partial charge in [-0.1, -0.05) is 19.3 Å². The lowest BCUT2D eigenvalue weighted by Gasteiger charge is -2.43. The molecule has 1 aliphatic carbocycles. The normalized spacial score (nSPS) is 28.4. The lowest BCUT2D eigenvalue weighted by atomic mass is 9.83. The molecule has 0 aromatic carbocycles. The van der Waals surface area contributed by atoms with E-state index in [0.717, 1.165) is 24.6 Å². The minimum absolute atomic E-state index is 0.0713. The number of morpholine rings is 1. The van der Waals surface area contributed by atoms with Crippen LogP contribution < -0.4 is 5.32 Å². The van der Waals surface area contributed by atoms with Crippen LogP contribution in [0.15, 0.2) is 16.5 Å². The van der Waals surface area contributed by atoms with Gasteiger partial charge in [-0.25, -0.2) is 0 Å². The molecule has 0 radical (unpaired) electrons. The fourth-order valence-electron chi connectivity index (χ4n) is 3.09. The second-order valence-electron chi connectivity index (χ2n) is 5.43. The number of aryl methyl sites for hydroxylation is 1. The van der Waals surface area contributed by atoms with Gasteiger partial charge < -0.3 is 14.5 Å². The third kappa shape index (κ3) is 2.26. The van der Waals surface area contributed by atoms with E-state index in [4.69, 9.17) is 9.15 Å². The second-order valence-corrected chi connectivity index (χ2v) is 5.43. The van der Waals surface area contributed by atoms with Crippen molar-refractivity contribution >= 4 is 0 Å². The Balaban J connectivity index is 1.74. The van der Waals surface area contributed by atoms with E-state index in [-0.39, 0.29) is 11.7 Å². The standard InChI is InChI=1S/C14H21NO2/c1-11-5-6-12(16-11)13-9-15-10-14(17-13)7-3-2-4-8-14/h5-6,13,15H,2-4,7-10H2,1H3. The average molecular weight is 235 g/mol. The Hall–Kier alpha value is -0.800. The highest BCUT2D eigenvalue weighted by atomic mass is 16.5. The number of nitrogens with one attached hydrogen (secondary N) is 1. The molecule has 17 heavy (non-hydrogen) atoms. The summed E-state index contributed by atoms with van der Waals surface area (Å²) < 4.78 is 12.0. The molecule has 1 saturated heterocycles. The topological polar surface area (TPSA) is 34.4 Å². The monoisotopic (exact) mass is 235 g/mol. The van der Waals surface area contributed by atoms with Crippen LogP contribution in [0.25, 0.3) is 0 Å². The van der Waals surface area contributed by atoms with E-state index in [2.05, 4.69) is 5.32 Å². The van der Waals surface area contributed by atoms with Crippen molar-refractivity contribution in [3.63, 3.8) is 0 Å². The smallest absolute Gasteiger partial charge is 0.134 e. The van der Waals surface area contributed by atoms with Gasteiger partial charge in [-0.15, -0.1) is 0 Å². The van der Waals surface area contributed by atoms with Gasteiger partial charge in [-0.3, -0.25) is 0 Å². The van der Waals surface area contributed by atoms with Gasteiger partial charge in [0.2, 0.25) is 0 Å². The van der Waals surface area contributed by atoms with Crippen LogP contribution in [0.3, 0.4) is 0 Å². The van der Waals surface area contributed by atoms with Crippen molar-refractivity contribution in [3.8, 4) is 0 Å². The zero-order valence-corrected chi connectivity index (χ0v) is 10.5. The minimum Gasteiger partial charge on any atom is -0.464 e. The van der Waals surface area contributed by atoms with Crippen LogP contribution in [0.4, 0.5) is 0 Å². The molecule has 1 spiro atoms. The molecule has 1 atom stereocenters. The van der Waals surface area contributed by atoms with E-state index in [0.29, 0.717) is 0 Å².